The third kappa shape index (κ3) is 1.29. The van der Waals surface area contributed by atoms with Gasteiger partial charge in [0, 0.05) is 18.4 Å². The van der Waals surface area contributed by atoms with E-state index < -0.39 is 0 Å². The summed E-state index contributed by atoms with van der Waals surface area (Å²) in [6, 6.07) is 0.724. The van der Waals surface area contributed by atoms with Crippen molar-refractivity contribution in [2.24, 2.45) is 0 Å². The summed E-state index contributed by atoms with van der Waals surface area (Å²) < 4.78 is 2.25. The normalized spacial score (nSPS) is 20.2. The Morgan fingerprint density at radius 3 is 3.00 bits per heavy atom. The van der Waals surface area contributed by atoms with Gasteiger partial charge in [-0.2, -0.15) is 12.6 Å². The molecule has 0 radical (unpaired) electrons. The van der Waals surface area contributed by atoms with Crippen molar-refractivity contribution in [1.29, 1.82) is 0 Å². The van der Waals surface area contributed by atoms with Crippen molar-refractivity contribution >= 4 is 12.6 Å². The van der Waals surface area contributed by atoms with E-state index in [4.69, 9.17) is 0 Å². The molecule has 1 saturated carbocycles. The van der Waals surface area contributed by atoms with E-state index in [-0.39, 0.29) is 5.25 Å². The van der Waals surface area contributed by atoms with E-state index in [0.29, 0.717) is 0 Å². The van der Waals surface area contributed by atoms with E-state index in [1.165, 1.54) is 12.8 Å². The molecule has 0 aliphatic heterocycles. The zero-order chi connectivity index (χ0) is 7.84. The van der Waals surface area contributed by atoms with Crippen LogP contribution in [0.4, 0.5) is 0 Å². The van der Waals surface area contributed by atoms with Crippen molar-refractivity contribution in [2.45, 2.75) is 31.1 Å². The highest BCUT2D eigenvalue weighted by atomic mass is 32.1. The van der Waals surface area contributed by atoms with Crippen LogP contribution < -0.4 is 0 Å². The summed E-state index contributed by atoms with van der Waals surface area (Å²) in [6.45, 7) is 2.06. The Kier molecular flexibility index (Phi) is 1.68. The molecule has 1 aliphatic rings. The Morgan fingerprint density at radius 1 is 1.73 bits per heavy atom. The number of nitrogens with zero attached hydrogens (tertiary/aromatic N) is 2. The second-order valence-electron chi connectivity index (χ2n) is 3.10. The Hall–Kier alpha value is -0.440. The number of thiol groups is 1. The summed E-state index contributed by atoms with van der Waals surface area (Å²) in [7, 11) is 0. The van der Waals surface area contributed by atoms with Crippen LogP contribution >= 0.6 is 12.6 Å². The van der Waals surface area contributed by atoms with Crippen LogP contribution in [-0.2, 0) is 0 Å². The predicted molar refractivity (Wildman–Crippen MR) is 47.9 cm³/mol. The van der Waals surface area contributed by atoms with Gasteiger partial charge in [-0.3, -0.25) is 0 Å². The lowest BCUT2D eigenvalue weighted by Gasteiger charge is -2.07. The summed E-state index contributed by atoms with van der Waals surface area (Å²) >= 11 is 4.36. The standard InChI is InChI=1S/C8H12N2S/c1-6(11)8-9-4-5-10(8)7-2-3-7/h4-7,11H,2-3H2,1H3. The number of aromatic nitrogens is 2. The molecule has 0 amide bonds. The highest BCUT2D eigenvalue weighted by molar-refractivity contribution is 7.80. The zero-order valence-electron chi connectivity index (χ0n) is 6.57. The van der Waals surface area contributed by atoms with Crippen molar-refractivity contribution in [3.05, 3.63) is 18.2 Å². The van der Waals surface area contributed by atoms with Crippen LogP contribution in [-0.4, -0.2) is 9.55 Å². The molecule has 60 valence electrons. The van der Waals surface area contributed by atoms with Crippen LogP contribution in [0, 0.1) is 0 Å². The third-order valence-corrected chi connectivity index (χ3v) is 2.24. The van der Waals surface area contributed by atoms with E-state index in [0.717, 1.165) is 11.9 Å². The third-order valence-electron chi connectivity index (χ3n) is 2.01. The minimum Gasteiger partial charge on any atom is -0.331 e. The lowest BCUT2D eigenvalue weighted by Crippen LogP contribution is -2.00. The maximum Gasteiger partial charge on any atom is 0.121 e. The fourth-order valence-corrected chi connectivity index (χ4v) is 1.51. The zero-order valence-corrected chi connectivity index (χ0v) is 7.46. The summed E-state index contributed by atoms with van der Waals surface area (Å²) in [6.07, 6.45) is 6.54. The molecule has 1 aromatic heterocycles. The minimum absolute atomic E-state index is 0.255. The number of hydrogen-bond acceptors (Lipinski definition) is 2. The quantitative estimate of drug-likeness (QED) is 0.670. The SMILES string of the molecule is CC(S)c1nccn1C1CC1. The van der Waals surface area contributed by atoms with Crippen LogP contribution in [0.15, 0.2) is 12.4 Å². The van der Waals surface area contributed by atoms with Gasteiger partial charge in [0.25, 0.3) is 0 Å². The fraction of sp³-hybridized carbons (Fsp3) is 0.625. The maximum absolute atomic E-state index is 4.36. The van der Waals surface area contributed by atoms with Crippen molar-refractivity contribution in [3.8, 4) is 0 Å². The van der Waals surface area contributed by atoms with E-state index in [9.17, 15) is 0 Å². The summed E-state index contributed by atoms with van der Waals surface area (Å²) in [5.41, 5.74) is 0. The van der Waals surface area contributed by atoms with E-state index >= 15 is 0 Å². The second kappa shape index (κ2) is 2.55. The van der Waals surface area contributed by atoms with Gasteiger partial charge in [0.2, 0.25) is 0 Å². The Morgan fingerprint density at radius 2 is 2.45 bits per heavy atom. The largest absolute Gasteiger partial charge is 0.331 e. The Bertz CT molecular complexity index is 234. The van der Waals surface area contributed by atoms with E-state index in [1.54, 1.807) is 0 Å². The van der Waals surface area contributed by atoms with Crippen molar-refractivity contribution in [3.63, 3.8) is 0 Å². The minimum atomic E-state index is 0.255. The molecule has 0 saturated heterocycles. The van der Waals surface area contributed by atoms with Gasteiger partial charge in [0.15, 0.2) is 0 Å². The average molecular weight is 168 g/mol. The predicted octanol–water partition coefficient (Wildman–Crippen LogP) is 2.21. The maximum atomic E-state index is 4.36. The first-order valence-electron chi connectivity index (χ1n) is 4.00. The van der Waals surface area contributed by atoms with Gasteiger partial charge < -0.3 is 4.57 Å². The molecule has 3 heteroatoms. The number of rotatable bonds is 2. The molecule has 0 spiro atoms. The number of hydrogen-bond donors (Lipinski definition) is 1. The lowest BCUT2D eigenvalue weighted by atomic mass is 10.4. The molecule has 2 nitrogen and oxygen atoms in total. The van der Waals surface area contributed by atoms with Crippen molar-refractivity contribution in [1.82, 2.24) is 9.55 Å². The highest BCUT2D eigenvalue weighted by Crippen LogP contribution is 2.37. The van der Waals surface area contributed by atoms with Gasteiger partial charge in [-0.05, 0) is 19.8 Å². The molecular weight excluding hydrogens is 156 g/mol. The van der Waals surface area contributed by atoms with Crippen LogP contribution in [0.1, 0.15) is 36.9 Å². The van der Waals surface area contributed by atoms with E-state index in [1.807, 2.05) is 6.20 Å². The summed E-state index contributed by atoms with van der Waals surface area (Å²) in [5, 5.41) is 0.255. The first-order valence-corrected chi connectivity index (χ1v) is 4.51. The monoisotopic (exact) mass is 168 g/mol. The molecular formula is C8H12N2S. The summed E-state index contributed by atoms with van der Waals surface area (Å²) in [4.78, 5) is 4.26. The van der Waals surface area contributed by atoms with Gasteiger partial charge in [-0.25, -0.2) is 4.98 Å². The van der Waals surface area contributed by atoms with Crippen LogP contribution in [0.25, 0.3) is 0 Å². The molecule has 11 heavy (non-hydrogen) atoms. The van der Waals surface area contributed by atoms with Crippen LogP contribution in [0.5, 0.6) is 0 Å². The molecule has 1 fully saturated rings. The average Bonchev–Trinajstić information content (AvgIpc) is 2.68. The molecule has 0 N–H and O–H groups in total. The van der Waals surface area contributed by atoms with Crippen molar-refractivity contribution in [2.75, 3.05) is 0 Å². The molecule has 0 aromatic carbocycles. The fourth-order valence-electron chi connectivity index (χ4n) is 1.31. The van der Waals surface area contributed by atoms with Gasteiger partial charge in [-0.15, -0.1) is 0 Å². The molecule has 0 bridgehead atoms. The molecule has 1 heterocycles. The first-order chi connectivity index (χ1) is 5.29. The molecule has 1 atom stereocenters. The topological polar surface area (TPSA) is 17.8 Å². The van der Waals surface area contributed by atoms with Crippen molar-refractivity contribution < 1.29 is 0 Å². The van der Waals surface area contributed by atoms with Crippen LogP contribution in [0.2, 0.25) is 0 Å². The van der Waals surface area contributed by atoms with Gasteiger partial charge in [-0.1, -0.05) is 0 Å². The van der Waals surface area contributed by atoms with E-state index in [2.05, 4.69) is 35.3 Å². The van der Waals surface area contributed by atoms with Crippen LogP contribution in [0.3, 0.4) is 0 Å². The lowest BCUT2D eigenvalue weighted by molar-refractivity contribution is 0.684. The molecule has 1 aromatic rings. The Labute approximate surface area is 72.0 Å². The molecule has 2 rings (SSSR count). The molecule has 1 aliphatic carbocycles. The number of imidazole rings is 1. The molecule has 1 unspecified atom stereocenters. The summed E-state index contributed by atoms with van der Waals surface area (Å²) in [5.74, 6) is 1.11. The van der Waals surface area contributed by atoms with Gasteiger partial charge in [0.1, 0.15) is 5.82 Å². The first kappa shape index (κ1) is 7.22. The van der Waals surface area contributed by atoms with Gasteiger partial charge in [0.05, 0.1) is 5.25 Å². The highest BCUT2D eigenvalue weighted by Gasteiger charge is 2.26. The second-order valence-corrected chi connectivity index (χ2v) is 3.87. The van der Waals surface area contributed by atoms with Gasteiger partial charge >= 0.3 is 0 Å². The Balaban J connectivity index is 2.30. The smallest absolute Gasteiger partial charge is 0.121 e.